The number of hydrogen-bond donors (Lipinski definition) is 0. The Balaban J connectivity index is 1.53. The van der Waals surface area contributed by atoms with Crippen LogP contribution in [-0.2, 0) is 10.8 Å². The molecule has 1 unspecified atom stereocenters. The molecule has 190 valence electrons. The molecule has 0 heterocycles. The zero-order chi connectivity index (χ0) is 25.3. The van der Waals surface area contributed by atoms with Crippen LogP contribution in [0.1, 0.15) is 84.8 Å². The number of hydrogen-bond acceptors (Lipinski definition) is 2. The van der Waals surface area contributed by atoms with Crippen LogP contribution in [0.5, 0.6) is 5.75 Å². The van der Waals surface area contributed by atoms with Crippen molar-refractivity contribution >= 4 is 16.6 Å². The smallest absolute Gasteiger partial charge is 0.250 e. The summed E-state index contributed by atoms with van der Waals surface area (Å²) in [5, 5.41) is 0.472. The highest BCUT2D eigenvalue weighted by molar-refractivity contribution is 6.75. The van der Waals surface area contributed by atoms with E-state index in [1.165, 1.54) is 31.2 Å². The standard InChI is InChI=1S/C30H50O2Si2/c1-28(2,3)33(8,9)31-22-13-15-23-21(20-22)12-14-25-24(23)18-19-30(7)26(25)16-17-27(30)32-34(10,11)29(4,5)6/h13,15-17,20,24-27H,12,14,18-19H2,1-11H3/t24-,25-,26+,27?,30+/m1/s1. The molecule has 0 spiro atoms. The number of benzene rings is 1. The van der Waals surface area contributed by atoms with Crippen molar-refractivity contribution in [3.8, 4) is 5.75 Å². The molecule has 1 aromatic rings. The van der Waals surface area contributed by atoms with Crippen molar-refractivity contribution in [2.75, 3.05) is 0 Å². The minimum absolute atomic E-state index is 0.222. The summed E-state index contributed by atoms with van der Waals surface area (Å²) in [5.74, 6) is 3.15. The second kappa shape index (κ2) is 8.34. The van der Waals surface area contributed by atoms with E-state index in [1.54, 1.807) is 5.56 Å². The fourth-order valence-corrected chi connectivity index (χ4v) is 8.51. The largest absolute Gasteiger partial charge is 0.543 e. The number of fused-ring (bicyclic) bond motifs is 5. The van der Waals surface area contributed by atoms with Gasteiger partial charge in [-0.1, -0.05) is 66.7 Å². The molecule has 0 radical (unpaired) electrons. The van der Waals surface area contributed by atoms with Gasteiger partial charge in [-0.2, -0.15) is 0 Å². The predicted octanol–water partition coefficient (Wildman–Crippen LogP) is 9.09. The number of rotatable bonds is 4. The summed E-state index contributed by atoms with van der Waals surface area (Å²) in [6.07, 6.45) is 10.3. The molecule has 0 amide bonds. The van der Waals surface area contributed by atoms with Crippen molar-refractivity contribution in [3.63, 3.8) is 0 Å². The fraction of sp³-hybridized carbons (Fsp3) is 0.733. The molecule has 0 saturated heterocycles. The third kappa shape index (κ3) is 4.41. The van der Waals surface area contributed by atoms with E-state index in [0.717, 1.165) is 11.7 Å². The van der Waals surface area contributed by atoms with Crippen LogP contribution in [0.3, 0.4) is 0 Å². The molecule has 1 saturated carbocycles. The van der Waals surface area contributed by atoms with Gasteiger partial charge in [0.15, 0.2) is 8.32 Å². The van der Waals surface area contributed by atoms with Crippen LogP contribution in [0.25, 0.3) is 0 Å². The van der Waals surface area contributed by atoms with E-state index in [2.05, 4.69) is 105 Å². The summed E-state index contributed by atoms with van der Waals surface area (Å²) < 4.78 is 13.7. The summed E-state index contributed by atoms with van der Waals surface area (Å²) in [6, 6.07) is 7.07. The summed E-state index contributed by atoms with van der Waals surface area (Å²) in [7, 11) is -3.61. The van der Waals surface area contributed by atoms with E-state index in [-0.39, 0.29) is 21.6 Å². The Hall–Kier alpha value is -0.846. The van der Waals surface area contributed by atoms with E-state index in [1.807, 2.05) is 0 Å². The van der Waals surface area contributed by atoms with Gasteiger partial charge in [0.25, 0.3) is 0 Å². The SMILES string of the molecule is CC(C)(C)[Si](C)(C)Oc1ccc2c(c1)CC[C@@H]1[C@@H]2CC[C@]2(C)C(O[Si](C)(C)C(C)(C)C)C=C[C@@H]12. The Bertz CT molecular complexity index is 950. The van der Waals surface area contributed by atoms with Gasteiger partial charge < -0.3 is 8.85 Å². The third-order valence-corrected chi connectivity index (χ3v) is 19.4. The molecule has 34 heavy (non-hydrogen) atoms. The summed E-state index contributed by atoms with van der Waals surface area (Å²) >= 11 is 0. The van der Waals surface area contributed by atoms with Crippen LogP contribution < -0.4 is 4.43 Å². The van der Waals surface area contributed by atoms with E-state index < -0.39 is 16.6 Å². The van der Waals surface area contributed by atoms with Gasteiger partial charge in [0.05, 0.1) is 6.10 Å². The van der Waals surface area contributed by atoms with Crippen LogP contribution in [0.15, 0.2) is 30.4 Å². The van der Waals surface area contributed by atoms with Gasteiger partial charge in [0, 0.05) is 5.41 Å². The van der Waals surface area contributed by atoms with E-state index in [0.29, 0.717) is 11.8 Å². The Kier molecular flexibility index (Phi) is 6.44. The average Bonchev–Trinajstić information content (AvgIpc) is 3.01. The van der Waals surface area contributed by atoms with Gasteiger partial charge >= 0.3 is 0 Å². The lowest BCUT2D eigenvalue weighted by Gasteiger charge is -2.52. The Morgan fingerprint density at radius 3 is 2.15 bits per heavy atom. The number of aryl methyl sites for hydroxylation is 1. The molecular weight excluding hydrogens is 449 g/mol. The van der Waals surface area contributed by atoms with E-state index in [9.17, 15) is 0 Å². The van der Waals surface area contributed by atoms with Gasteiger partial charge in [0.2, 0.25) is 8.32 Å². The van der Waals surface area contributed by atoms with Crippen molar-refractivity contribution in [2.45, 2.75) is 122 Å². The normalized spacial score (nSPS) is 31.6. The molecule has 2 nitrogen and oxygen atoms in total. The zero-order valence-corrected chi connectivity index (χ0v) is 25.8. The first-order chi connectivity index (χ1) is 15.5. The van der Waals surface area contributed by atoms with Crippen molar-refractivity contribution in [3.05, 3.63) is 41.5 Å². The summed E-state index contributed by atoms with van der Waals surface area (Å²) in [4.78, 5) is 0. The van der Waals surface area contributed by atoms with Crippen LogP contribution in [0.4, 0.5) is 0 Å². The topological polar surface area (TPSA) is 18.5 Å². The second-order valence-electron chi connectivity index (χ2n) is 14.8. The average molecular weight is 499 g/mol. The molecule has 0 aliphatic heterocycles. The minimum atomic E-state index is -1.81. The quantitative estimate of drug-likeness (QED) is 0.304. The maximum absolute atomic E-state index is 7.01. The van der Waals surface area contributed by atoms with Crippen molar-refractivity contribution in [1.82, 2.24) is 0 Å². The first kappa shape index (κ1) is 26.2. The first-order valence-corrected chi connectivity index (χ1v) is 19.5. The molecule has 5 atom stereocenters. The van der Waals surface area contributed by atoms with Gasteiger partial charge in [-0.25, -0.2) is 0 Å². The maximum atomic E-state index is 7.01. The molecule has 4 rings (SSSR count). The summed E-state index contributed by atoms with van der Waals surface area (Å²) in [5.41, 5.74) is 3.39. The minimum Gasteiger partial charge on any atom is -0.543 e. The predicted molar refractivity (Wildman–Crippen MR) is 151 cm³/mol. The van der Waals surface area contributed by atoms with Crippen molar-refractivity contribution in [1.29, 1.82) is 0 Å². The third-order valence-electron chi connectivity index (χ3n) is 10.5. The Morgan fingerprint density at radius 2 is 1.53 bits per heavy atom. The lowest BCUT2D eigenvalue weighted by molar-refractivity contribution is -0.00421. The Morgan fingerprint density at radius 1 is 0.882 bits per heavy atom. The highest BCUT2D eigenvalue weighted by Crippen LogP contribution is 2.60. The van der Waals surface area contributed by atoms with Gasteiger partial charge in [0.1, 0.15) is 5.75 Å². The van der Waals surface area contributed by atoms with Crippen molar-refractivity contribution in [2.24, 2.45) is 17.3 Å². The van der Waals surface area contributed by atoms with E-state index >= 15 is 0 Å². The lowest BCUT2D eigenvalue weighted by atomic mass is 9.55. The van der Waals surface area contributed by atoms with E-state index in [4.69, 9.17) is 8.85 Å². The van der Waals surface area contributed by atoms with Crippen LogP contribution >= 0.6 is 0 Å². The Labute approximate surface area is 212 Å². The first-order valence-electron chi connectivity index (χ1n) is 13.6. The van der Waals surface area contributed by atoms with Crippen LogP contribution in [0, 0.1) is 17.3 Å². The molecule has 1 fully saturated rings. The van der Waals surface area contributed by atoms with Crippen molar-refractivity contribution < 1.29 is 8.85 Å². The maximum Gasteiger partial charge on any atom is 0.250 e. The monoisotopic (exact) mass is 498 g/mol. The lowest BCUT2D eigenvalue weighted by Crippen LogP contribution is -2.51. The van der Waals surface area contributed by atoms with Crippen LogP contribution in [0.2, 0.25) is 36.3 Å². The van der Waals surface area contributed by atoms with Crippen LogP contribution in [-0.4, -0.2) is 22.7 Å². The molecular formula is C30H50O2Si2. The highest BCUT2D eigenvalue weighted by Gasteiger charge is 2.55. The van der Waals surface area contributed by atoms with Gasteiger partial charge in [-0.3, -0.25) is 0 Å². The molecule has 3 aliphatic carbocycles. The zero-order valence-electron chi connectivity index (χ0n) is 23.8. The summed E-state index contributed by atoms with van der Waals surface area (Å²) in [6.45, 7) is 26.1. The van der Waals surface area contributed by atoms with Gasteiger partial charge in [-0.05, 0) is 103 Å². The molecule has 0 aromatic heterocycles. The molecule has 3 aliphatic rings. The highest BCUT2D eigenvalue weighted by atomic mass is 28.4. The molecule has 1 aromatic carbocycles. The second-order valence-corrected chi connectivity index (χ2v) is 24.3. The molecule has 0 bridgehead atoms. The molecule has 4 heteroatoms. The molecule has 0 N–H and O–H groups in total. The van der Waals surface area contributed by atoms with Gasteiger partial charge in [-0.15, -0.1) is 0 Å². The number of allylic oxidation sites excluding steroid dienone is 1. The fourth-order valence-electron chi connectivity index (χ4n) is 6.15.